The van der Waals surface area contributed by atoms with Crippen LogP contribution in [0.1, 0.15) is 29.6 Å². The molecular formula is C13H14INO3. The second kappa shape index (κ2) is 5.69. The standard InChI is InChI=1S/C13H14INO3/c14-9-6-4-8(5-7-9)12(16)15-11-3-1-2-10(11)13(17)18/h4-7,10-11H,1-3H2,(H,15,16)(H,17,18)/t10-,11+/m1/s1. The maximum atomic E-state index is 12.0. The number of carboxylic acid groups (broad SMARTS) is 1. The summed E-state index contributed by atoms with van der Waals surface area (Å²) in [5.41, 5.74) is 0.575. The lowest BCUT2D eigenvalue weighted by Crippen LogP contribution is -2.40. The molecule has 0 aliphatic heterocycles. The van der Waals surface area contributed by atoms with Gasteiger partial charge in [-0.15, -0.1) is 0 Å². The number of hydrogen-bond acceptors (Lipinski definition) is 2. The summed E-state index contributed by atoms with van der Waals surface area (Å²) in [7, 11) is 0. The van der Waals surface area contributed by atoms with Gasteiger partial charge in [0.1, 0.15) is 0 Å². The van der Waals surface area contributed by atoms with Crippen molar-refractivity contribution in [1.29, 1.82) is 0 Å². The number of carbonyl (C=O) groups excluding carboxylic acids is 1. The maximum Gasteiger partial charge on any atom is 0.308 e. The smallest absolute Gasteiger partial charge is 0.308 e. The predicted octanol–water partition coefficient (Wildman–Crippen LogP) is 2.27. The number of carbonyl (C=O) groups is 2. The normalized spacial score (nSPS) is 22.7. The van der Waals surface area contributed by atoms with Crippen LogP contribution in [0.3, 0.4) is 0 Å². The quantitative estimate of drug-likeness (QED) is 0.814. The molecule has 0 spiro atoms. The van der Waals surface area contributed by atoms with Crippen molar-refractivity contribution in [1.82, 2.24) is 5.32 Å². The Morgan fingerprint density at radius 1 is 1.22 bits per heavy atom. The molecule has 1 aromatic carbocycles. The van der Waals surface area contributed by atoms with Gasteiger partial charge < -0.3 is 10.4 Å². The summed E-state index contributed by atoms with van der Waals surface area (Å²) in [6, 6.07) is 6.98. The second-order valence-corrected chi connectivity index (χ2v) is 5.71. The minimum Gasteiger partial charge on any atom is -0.481 e. The number of nitrogens with one attached hydrogen (secondary N) is 1. The Labute approximate surface area is 119 Å². The van der Waals surface area contributed by atoms with Crippen molar-refractivity contribution in [2.24, 2.45) is 5.92 Å². The molecule has 1 aromatic rings. The van der Waals surface area contributed by atoms with Crippen LogP contribution in [0, 0.1) is 9.49 Å². The van der Waals surface area contributed by atoms with E-state index in [0.29, 0.717) is 12.0 Å². The molecule has 0 aromatic heterocycles. The Balaban J connectivity index is 2.03. The number of hydrogen-bond donors (Lipinski definition) is 2. The number of amides is 1. The third-order valence-electron chi connectivity index (χ3n) is 3.26. The van der Waals surface area contributed by atoms with Crippen molar-refractivity contribution in [2.75, 3.05) is 0 Å². The first-order valence-electron chi connectivity index (χ1n) is 5.87. The highest BCUT2D eigenvalue weighted by molar-refractivity contribution is 14.1. The molecule has 2 rings (SSSR count). The van der Waals surface area contributed by atoms with Crippen LogP contribution in [0.4, 0.5) is 0 Å². The van der Waals surface area contributed by atoms with Gasteiger partial charge in [0.2, 0.25) is 0 Å². The van der Waals surface area contributed by atoms with Gasteiger partial charge >= 0.3 is 5.97 Å². The number of benzene rings is 1. The van der Waals surface area contributed by atoms with Crippen molar-refractivity contribution < 1.29 is 14.7 Å². The lowest BCUT2D eigenvalue weighted by Gasteiger charge is -2.17. The molecule has 2 N–H and O–H groups in total. The van der Waals surface area contributed by atoms with Gasteiger partial charge in [0.25, 0.3) is 5.91 Å². The molecule has 0 radical (unpaired) electrons. The molecule has 0 heterocycles. The third-order valence-corrected chi connectivity index (χ3v) is 3.98. The fraction of sp³-hybridized carbons (Fsp3) is 0.385. The molecule has 5 heteroatoms. The van der Waals surface area contributed by atoms with Crippen LogP contribution in [0.2, 0.25) is 0 Å². The predicted molar refractivity (Wildman–Crippen MR) is 75.4 cm³/mol. The Hall–Kier alpha value is -1.11. The van der Waals surface area contributed by atoms with E-state index in [1.807, 2.05) is 12.1 Å². The van der Waals surface area contributed by atoms with Gasteiger partial charge in [-0.05, 0) is 59.7 Å². The molecular weight excluding hydrogens is 345 g/mol. The molecule has 1 fully saturated rings. The van der Waals surface area contributed by atoms with Crippen LogP contribution in [-0.2, 0) is 4.79 Å². The van der Waals surface area contributed by atoms with Gasteiger partial charge in [0, 0.05) is 15.2 Å². The van der Waals surface area contributed by atoms with Crippen LogP contribution in [-0.4, -0.2) is 23.0 Å². The summed E-state index contributed by atoms with van der Waals surface area (Å²) >= 11 is 2.17. The first kappa shape index (κ1) is 13.3. The molecule has 96 valence electrons. The second-order valence-electron chi connectivity index (χ2n) is 4.46. The Kier molecular flexibility index (Phi) is 4.21. The summed E-state index contributed by atoms with van der Waals surface area (Å²) in [6.45, 7) is 0. The van der Waals surface area contributed by atoms with Crippen molar-refractivity contribution >= 4 is 34.5 Å². The van der Waals surface area contributed by atoms with E-state index < -0.39 is 11.9 Å². The van der Waals surface area contributed by atoms with Gasteiger partial charge in [-0.1, -0.05) is 6.42 Å². The highest BCUT2D eigenvalue weighted by Gasteiger charge is 2.33. The first-order valence-corrected chi connectivity index (χ1v) is 6.95. The highest BCUT2D eigenvalue weighted by Crippen LogP contribution is 2.26. The van der Waals surface area contributed by atoms with E-state index in [-0.39, 0.29) is 11.9 Å². The number of carboxylic acids is 1. The van der Waals surface area contributed by atoms with Crippen molar-refractivity contribution in [3.63, 3.8) is 0 Å². The average molecular weight is 359 g/mol. The van der Waals surface area contributed by atoms with E-state index in [4.69, 9.17) is 5.11 Å². The average Bonchev–Trinajstić information content (AvgIpc) is 2.78. The van der Waals surface area contributed by atoms with Gasteiger partial charge in [-0.25, -0.2) is 0 Å². The van der Waals surface area contributed by atoms with Crippen LogP contribution < -0.4 is 5.32 Å². The fourth-order valence-corrected chi connectivity index (χ4v) is 2.64. The molecule has 0 bridgehead atoms. The summed E-state index contributed by atoms with van der Waals surface area (Å²) in [5.74, 6) is -1.46. The molecule has 18 heavy (non-hydrogen) atoms. The van der Waals surface area contributed by atoms with E-state index >= 15 is 0 Å². The van der Waals surface area contributed by atoms with Crippen LogP contribution in [0.25, 0.3) is 0 Å². The minimum absolute atomic E-state index is 0.190. The van der Waals surface area contributed by atoms with Gasteiger partial charge in [-0.2, -0.15) is 0 Å². The number of halogens is 1. The van der Waals surface area contributed by atoms with E-state index in [1.54, 1.807) is 12.1 Å². The van der Waals surface area contributed by atoms with Crippen molar-refractivity contribution in [3.8, 4) is 0 Å². The minimum atomic E-state index is -0.819. The van der Waals surface area contributed by atoms with Crippen LogP contribution >= 0.6 is 22.6 Å². The van der Waals surface area contributed by atoms with Gasteiger partial charge in [-0.3, -0.25) is 9.59 Å². The summed E-state index contributed by atoms with van der Waals surface area (Å²) < 4.78 is 1.06. The topological polar surface area (TPSA) is 66.4 Å². The Bertz CT molecular complexity index is 458. The number of aliphatic carboxylic acids is 1. The Morgan fingerprint density at radius 2 is 1.89 bits per heavy atom. The molecule has 4 nitrogen and oxygen atoms in total. The summed E-state index contributed by atoms with van der Waals surface area (Å²) in [4.78, 5) is 23.0. The molecule has 2 atom stereocenters. The van der Waals surface area contributed by atoms with E-state index in [9.17, 15) is 9.59 Å². The zero-order chi connectivity index (χ0) is 13.1. The molecule has 0 unspecified atom stereocenters. The zero-order valence-electron chi connectivity index (χ0n) is 9.73. The molecule has 1 aliphatic carbocycles. The van der Waals surface area contributed by atoms with Crippen LogP contribution in [0.15, 0.2) is 24.3 Å². The van der Waals surface area contributed by atoms with Crippen molar-refractivity contribution in [2.45, 2.75) is 25.3 Å². The first-order chi connectivity index (χ1) is 8.58. The monoisotopic (exact) mass is 359 g/mol. The largest absolute Gasteiger partial charge is 0.481 e. The van der Waals surface area contributed by atoms with Crippen molar-refractivity contribution in [3.05, 3.63) is 33.4 Å². The molecule has 1 amide bonds. The fourth-order valence-electron chi connectivity index (χ4n) is 2.28. The molecule has 1 aliphatic rings. The lowest BCUT2D eigenvalue weighted by atomic mass is 10.0. The molecule has 1 saturated carbocycles. The third kappa shape index (κ3) is 3.01. The zero-order valence-corrected chi connectivity index (χ0v) is 11.9. The highest BCUT2D eigenvalue weighted by atomic mass is 127. The maximum absolute atomic E-state index is 12.0. The summed E-state index contributed by atoms with van der Waals surface area (Å²) in [5, 5.41) is 11.9. The van der Waals surface area contributed by atoms with E-state index in [1.165, 1.54) is 0 Å². The van der Waals surface area contributed by atoms with Gasteiger partial charge in [0.15, 0.2) is 0 Å². The lowest BCUT2D eigenvalue weighted by molar-refractivity contribution is -0.142. The SMILES string of the molecule is O=C(N[C@H]1CCC[C@H]1C(=O)O)c1ccc(I)cc1. The summed E-state index contributed by atoms with van der Waals surface area (Å²) in [6.07, 6.45) is 2.24. The Morgan fingerprint density at radius 3 is 2.50 bits per heavy atom. The van der Waals surface area contributed by atoms with E-state index in [0.717, 1.165) is 16.4 Å². The molecule has 0 saturated heterocycles. The van der Waals surface area contributed by atoms with E-state index in [2.05, 4.69) is 27.9 Å². The number of rotatable bonds is 3. The van der Waals surface area contributed by atoms with Crippen LogP contribution in [0.5, 0.6) is 0 Å². The van der Waals surface area contributed by atoms with Gasteiger partial charge in [0.05, 0.1) is 5.92 Å².